The number of amides is 2. The monoisotopic (exact) mass is 367 g/mol. The van der Waals surface area contributed by atoms with E-state index in [4.69, 9.17) is 0 Å². The largest absolute Gasteiger partial charge is 0.360 e. The van der Waals surface area contributed by atoms with Gasteiger partial charge in [-0.05, 0) is 36.4 Å². The molecule has 2 amide bonds. The number of imide groups is 1. The van der Waals surface area contributed by atoms with Crippen molar-refractivity contribution in [1.82, 2.24) is 9.88 Å². The normalized spacial score (nSPS) is 13.2. The molecule has 5 nitrogen and oxygen atoms in total. The maximum absolute atomic E-state index is 13.0. The molecule has 1 aromatic heterocycles. The van der Waals surface area contributed by atoms with Crippen LogP contribution in [0.1, 0.15) is 20.7 Å². The van der Waals surface area contributed by atoms with Crippen LogP contribution in [0.4, 0.5) is 9.52 Å². The Morgan fingerprint density at radius 1 is 1.00 bits per heavy atom. The quantitative estimate of drug-likeness (QED) is 0.699. The Labute approximate surface area is 153 Å². The first-order chi connectivity index (χ1) is 12.6. The summed E-state index contributed by atoms with van der Waals surface area (Å²) in [5.41, 5.74) is 2.48. The molecule has 0 fully saturated rings. The average Bonchev–Trinajstić information content (AvgIpc) is 3.22. The highest BCUT2D eigenvalue weighted by Crippen LogP contribution is 2.25. The number of benzene rings is 2. The van der Waals surface area contributed by atoms with Gasteiger partial charge in [0.2, 0.25) is 0 Å². The van der Waals surface area contributed by atoms with E-state index in [1.807, 2.05) is 5.38 Å². The first-order valence-electron chi connectivity index (χ1n) is 8.04. The smallest absolute Gasteiger partial charge is 0.261 e. The predicted octanol–water partition coefficient (Wildman–Crippen LogP) is 3.66. The highest BCUT2D eigenvalue weighted by Gasteiger charge is 2.34. The van der Waals surface area contributed by atoms with Gasteiger partial charge in [0.1, 0.15) is 5.82 Å². The Morgan fingerprint density at radius 2 is 1.65 bits per heavy atom. The van der Waals surface area contributed by atoms with Crippen molar-refractivity contribution in [3.05, 3.63) is 70.9 Å². The first kappa shape index (κ1) is 16.4. The summed E-state index contributed by atoms with van der Waals surface area (Å²) >= 11 is 1.42. The van der Waals surface area contributed by atoms with E-state index in [0.717, 1.165) is 11.3 Å². The van der Waals surface area contributed by atoms with Gasteiger partial charge in [-0.25, -0.2) is 9.37 Å². The molecular formula is C19H14FN3O2S. The standard InChI is InChI=1S/C19H14FN3O2S/c20-13-7-5-12(6-8-13)16-11-26-19(22-16)21-9-10-23-17(24)14-3-1-2-4-15(14)18(23)25/h1-8,11H,9-10H2,(H,21,22). The van der Waals surface area contributed by atoms with Crippen molar-refractivity contribution in [2.24, 2.45) is 0 Å². The van der Waals surface area contributed by atoms with Crippen molar-refractivity contribution in [2.75, 3.05) is 18.4 Å². The molecule has 4 rings (SSSR count). The van der Waals surface area contributed by atoms with E-state index in [0.29, 0.717) is 22.8 Å². The highest BCUT2D eigenvalue weighted by atomic mass is 32.1. The number of thiazole rings is 1. The molecule has 1 aliphatic heterocycles. The minimum atomic E-state index is -0.289. The molecule has 1 aliphatic rings. The second-order valence-electron chi connectivity index (χ2n) is 5.78. The number of rotatable bonds is 5. The fourth-order valence-electron chi connectivity index (χ4n) is 2.83. The van der Waals surface area contributed by atoms with Crippen LogP contribution in [-0.4, -0.2) is 34.8 Å². The Kier molecular flexibility index (Phi) is 4.22. The fraction of sp³-hybridized carbons (Fsp3) is 0.105. The topological polar surface area (TPSA) is 62.3 Å². The third-order valence-electron chi connectivity index (χ3n) is 4.13. The number of halogens is 1. The van der Waals surface area contributed by atoms with E-state index in [-0.39, 0.29) is 24.2 Å². The van der Waals surface area contributed by atoms with Gasteiger partial charge in [-0.2, -0.15) is 0 Å². The lowest BCUT2D eigenvalue weighted by Gasteiger charge is -2.13. The zero-order valence-electron chi connectivity index (χ0n) is 13.6. The summed E-state index contributed by atoms with van der Waals surface area (Å²) in [6, 6.07) is 13.0. The minimum absolute atomic E-state index is 0.262. The van der Waals surface area contributed by atoms with Gasteiger partial charge in [-0.3, -0.25) is 14.5 Å². The summed E-state index contributed by atoms with van der Waals surface area (Å²) in [6.45, 7) is 0.666. The van der Waals surface area contributed by atoms with Crippen molar-refractivity contribution in [2.45, 2.75) is 0 Å². The summed E-state index contributed by atoms with van der Waals surface area (Å²) in [4.78, 5) is 30.3. The van der Waals surface area contributed by atoms with Crippen LogP contribution in [0.25, 0.3) is 11.3 Å². The lowest BCUT2D eigenvalue weighted by atomic mass is 10.1. The van der Waals surface area contributed by atoms with E-state index >= 15 is 0 Å². The molecule has 7 heteroatoms. The van der Waals surface area contributed by atoms with Gasteiger partial charge in [0, 0.05) is 24.0 Å². The average molecular weight is 367 g/mol. The van der Waals surface area contributed by atoms with Gasteiger partial charge in [-0.15, -0.1) is 11.3 Å². The third-order valence-corrected chi connectivity index (χ3v) is 4.93. The van der Waals surface area contributed by atoms with Crippen molar-refractivity contribution in [1.29, 1.82) is 0 Å². The summed E-state index contributed by atoms with van der Waals surface area (Å²) < 4.78 is 13.0. The van der Waals surface area contributed by atoms with E-state index in [9.17, 15) is 14.0 Å². The van der Waals surface area contributed by atoms with Gasteiger partial charge in [0.25, 0.3) is 11.8 Å². The summed E-state index contributed by atoms with van der Waals surface area (Å²) in [7, 11) is 0. The van der Waals surface area contributed by atoms with E-state index in [1.165, 1.54) is 28.4 Å². The molecule has 2 heterocycles. The zero-order chi connectivity index (χ0) is 18.1. The highest BCUT2D eigenvalue weighted by molar-refractivity contribution is 7.14. The number of hydrogen-bond donors (Lipinski definition) is 1. The molecule has 0 atom stereocenters. The number of aromatic nitrogens is 1. The molecule has 0 spiro atoms. The second kappa shape index (κ2) is 6.68. The molecule has 3 aromatic rings. The summed E-state index contributed by atoms with van der Waals surface area (Å²) in [5, 5.41) is 5.68. The van der Waals surface area contributed by atoms with E-state index < -0.39 is 0 Å². The van der Waals surface area contributed by atoms with Crippen LogP contribution in [-0.2, 0) is 0 Å². The van der Waals surface area contributed by atoms with Crippen LogP contribution in [0.5, 0.6) is 0 Å². The van der Waals surface area contributed by atoms with Crippen LogP contribution in [0, 0.1) is 5.82 Å². The number of carbonyl (C=O) groups excluding carboxylic acids is 2. The maximum Gasteiger partial charge on any atom is 0.261 e. The number of nitrogens with zero attached hydrogens (tertiary/aromatic N) is 2. The van der Waals surface area contributed by atoms with Gasteiger partial charge in [0.15, 0.2) is 5.13 Å². The van der Waals surface area contributed by atoms with E-state index in [2.05, 4.69) is 10.3 Å². The van der Waals surface area contributed by atoms with Crippen LogP contribution in [0.15, 0.2) is 53.9 Å². The third kappa shape index (κ3) is 2.97. The Hall–Kier alpha value is -3.06. The summed E-state index contributed by atoms with van der Waals surface area (Å²) in [5.74, 6) is -0.819. The SMILES string of the molecule is O=C1c2ccccc2C(=O)N1CCNc1nc(-c2ccc(F)cc2)cs1. The molecule has 1 N–H and O–H groups in total. The maximum atomic E-state index is 13.0. The molecule has 26 heavy (non-hydrogen) atoms. The summed E-state index contributed by atoms with van der Waals surface area (Å²) in [6.07, 6.45) is 0. The first-order valence-corrected chi connectivity index (χ1v) is 8.92. The molecule has 0 bridgehead atoms. The number of hydrogen-bond acceptors (Lipinski definition) is 5. The van der Waals surface area contributed by atoms with Gasteiger partial charge < -0.3 is 5.32 Å². The van der Waals surface area contributed by atoms with Crippen molar-refractivity contribution in [3.8, 4) is 11.3 Å². The van der Waals surface area contributed by atoms with Gasteiger partial charge in [-0.1, -0.05) is 12.1 Å². The Balaban J connectivity index is 1.38. The number of carbonyl (C=O) groups is 2. The molecular weight excluding hydrogens is 353 g/mol. The Bertz CT molecular complexity index is 949. The zero-order valence-corrected chi connectivity index (χ0v) is 14.4. The second-order valence-corrected chi connectivity index (χ2v) is 6.64. The lowest BCUT2D eigenvalue weighted by molar-refractivity contribution is 0.0660. The fourth-order valence-corrected chi connectivity index (χ4v) is 3.57. The molecule has 0 saturated carbocycles. The van der Waals surface area contributed by atoms with Crippen LogP contribution in [0.2, 0.25) is 0 Å². The minimum Gasteiger partial charge on any atom is -0.360 e. The predicted molar refractivity (Wildman–Crippen MR) is 97.8 cm³/mol. The van der Waals surface area contributed by atoms with Gasteiger partial charge >= 0.3 is 0 Å². The van der Waals surface area contributed by atoms with Crippen LogP contribution < -0.4 is 5.32 Å². The van der Waals surface area contributed by atoms with Gasteiger partial charge in [0.05, 0.1) is 16.8 Å². The number of fused-ring (bicyclic) bond motifs is 1. The van der Waals surface area contributed by atoms with E-state index in [1.54, 1.807) is 36.4 Å². The molecule has 0 aliphatic carbocycles. The van der Waals surface area contributed by atoms with Crippen LogP contribution >= 0.6 is 11.3 Å². The van der Waals surface area contributed by atoms with Crippen molar-refractivity contribution in [3.63, 3.8) is 0 Å². The lowest BCUT2D eigenvalue weighted by Crippen LogP contribution is -2.34. The van der Waals surface area contributed by atoms with Crippen molar-refractivity contribution < 1.29 is 14.0 Å². The molecule has 0 radical (unpaired) electrons. The number of anilines is 1. The Morgan fingerprint density at radius 3 is 2.31 bits per heavy atom. The molecule has 0 unspecified atom stereocenters. The molecule has 0 saturated heterocycles. The van der Waals surface area contributed by atoms with Crippen molar-refractivity contribution >= 4 is 28.3 Å². The molecule has 2 aromatic carbocycles. The molecule has 130 valence electrons. The van der Waals surface area contributed by atoms with Crippen LogP contribution in [0.3, 0.4) is 0 Å². The number of nitrogens with one attached hydrogen (secondary N) is 1.